The van der Waals surface area contributed by atoms with Crippen molar-refractivity contribution in [3.05, 3.63) is 34.6 Å². The van der Waals surface area contributed by atoms with Gasteiger partial charge in [-0.15, -0.1) is 0 Å². The summed E-state index contributed by atoms with van der Waals surface area (Å²) in [6.45, 7) is 6.70. The second kappa shape index (κ2) is 6.30. The minimum Gasteiger partial charge on any atom is -0.341 e. The number of anilines is 1. The van der Waals surface area contributed by atoms with E-state index in [0.29, 0.717) is 19.0 Å². The Morgan fingerprint density at radius 1 is 1.05 bits per heavy atom. The Morgan fingerprint density at radius 3 is 2.33 bits per heavy atom. The van der Waals surface area contributed by atoms with E-state index in [2.05, 4.69) is 15.0 Å². The second-order valence-electron chi connectivity index (χ2n) is 4.46. The average molecular weight is 313 g/mol. The molecule has 0 aliphatic rings. The van der Waals surface area contributed by atoms with Crippen molar-refractivity contribution in [2.45, 2.75) is 20.8 Å². The zero-order chi connectivity index (χ0) is 15.6. The number of halogens is 3. The van der Waals surface area contributed by atoms with Crippen molar-refractivity contribution in [2.24, 2.45) is 0 Å². The Kier molecular flexibility index (Phi) is 4.67. The van der Waals surface area contributed by atoms with E-state index in [9.17, 15) is 8.78 Å². The van der Waals surface area contributed by atoms with Crippen LogP contribution in [0.4, 0.5) is 14.7 Å². The van der Waals surface area contributed by atoms with Crippen LogP contribution >= 0.6 is 11.6 Å². The van der Waals surface area contributed by atoms with Crippen LogP contribution in [0.5, 0.6) is 0 Å². The first-order valence-corrected chi connectivity index (χ1v) is 6.97. The van der Waals surface area contributed by atoms with Gasteiger partial charge < -0.3 is 4.90 Å². The van der Waals surface area contributed by atoms with Crippen LogP contribution in [-0.4, -0.2) is 28.0 Å². The van der Waals surface area contributed by atoms with Crippen LogP contribution in [0.3, 0.4) is 0 Å². The van der Waals surface area contributed by atoms with Gasteiger partial charge in [0.1, 0.15) is 0 Å². The largest absolute Gasteiger partial charge is 0.341 e. The van der Waals surface area contributed by atoms with Crippen LogP contribution in [0.2, 0.25) is 5.28 Å². The van der Waals surface area contributed by atoms with Crippen molar-refractivity contribution >= 4 is 17.5 Å². The van der Waals surface area contributed by atoms with Crippen molar-refractivity contribution in [2.75, 3.05) is 18.0 Å². The first kappa shape index (κ1) is 15.6. The highest BCUT2D eigenvalue weighted by molar-refractivity contribution is 6.28. The Bertz CT molecular complexity index is 660. The number of nitrogens with zero attached hydrogens (tertiary/aromatic N) is 4. The summed E-state index contributed by atoms with van der Waals surface area (Å²) in [6.07, 6.45) is 0. The van der Waals surface area contributed by atoms with E-state index < -0.39 is 11.6 Å². The molecule has 1 heterocycles. The van der Waals surface area contributed by atoms with E-state index in [1.807, 2.05) is 18.7 Å². The fourth-order valence-corrected chi connectivity index (χ4v) is 2.08. The number of benzene rings is 1. The van der Waals surface area contributed by atoms with Gasteiger partial charge in [-0.05, 0) is 44.0 Å². The van der Waals surface area contributed by atoms with E-state index in [-0.39, 0.29) is 22.2 Å². The van der Waals surface area contributed by atoms with Gasteiger partial charge in [0, 0.05) is 13.1 Å². The van der Waals surface area contributed by atoms with E-state index in [1.165, 1.54) is 19.1 Å². The summed E-state index contributed by atoms with van der Waals surface area (Å²) < 4.78 is 27.7. The monoisotopic (exact) mass is 312 g/mol. The number of hydrogen-bond acceptors (Lipinski definition) is 4. The van der Waals surface area contributed by atoms with Gasteiger partial charge in [0.2, 0.25) is 11.2 Å². The highest BCUT2D eigenvalue weighted by atomic mass is 35.5. The Morgan fingerprint density at radius 2 is 1.71 bits per heavy atom. The molecule has 0 aliphatic carbocycles. The predicted molar refractivity (Wildman–Crippen MR) is 78.5 cm³/mol. The minimum absolute atomic E-state index is 0.0216. The maximum absolute atomic E-state index is 14.0. The summed E-state index contributed by atoms with van der Waals surface area (Å²) in [5.74, 6) is -1.53. The summed E-state index contributed by atoms with van der Waals surface area (Å²) in [5.41, 5.74) is 0.191. The van der Waals surface area contributed by atoms with Gasteiger partial charge in [0.25, 0.3) is 0 Å². The summed E-state index contributed by atoms with van der Waals surface area (Å²) in [7, 11) is 0. The summed E-state index contributed by atoms with van der Waals surface area (Å²) in [5, 5.41) is -0.0534. The summed E-state index contributed by atoms with van der Waals surface area (Å²) in [6, 6.07) is 2.91. The van der Waals surface area contributed by atoms with Gasteiger partial charge >= 0.3 is 0 Å². The molecule has 2 aromatic rings. The zero-order valence-corrected chi connectivity index (χ0v) is 12.7. The Labute approximate surface area is 126 Å². The molecule has 7 heteroatoms. The molecule has 0 spiro atoms. The molecule has 1 aromatic carbocycles. The molecule has 4 nitrogen and oxygen atoms in total. The fraction of sp³-hybridized carbons (Fsp3) is 0.357. The fourth-order valence-electron chi connectivity index (χ4n) is 1.93. The lowest BCUT2D eigenvalue weighted by Gasteiger charge is -2.18. The van der Waals surface area contributed by atoms with Gasteiger partial charge in [0.15, 0.2) is 17.5 Å². The van der Waals surface area contributed by atoms with E-state index in [0.717, 1.165) is 0 Å². The molecular formula is C14H15ClF2N4. The third-order valence-corrected chi connectivity index (χ3v) is 3.33. The van der Waals surface area contributed by atoms with Crippen molar-refractivity contribution in [1.82, 2.24) is 15.0 Å². The van der Waals surface area contributed by atoms with Gasteiger partial charge in [-0.3, -0.25) is 0 Å². The lowest BCUT2D eigenvalue weighted by molar-refractivity contribution is 0.505. The standard InChI is InChI=1S/C14H15ClF2N4/c1-4-21(5-2)14-19-12(18-13(15)20-14)9-7-6-8(3)10(16)11(9)17/h6-7H,4-5H2,1-3H3. The molecule has 0 bridgehead atoms. The summed E-state index contributed by atoms with van der Waals surface area (Å²) >= 11 is 5.88. The summed E-state index contributed by atoms with van der Waals surface area (Å²) in [4.78, 5) is 14.0. The molecule has 0 fully saturated rings. The highest BCUT2D eigenvalue weighted by Gasteiger charge is 2.17. The molecule has 0 atom stereocenters. The van der Waals surface area contributed by atoms with Crippen molar-refractivity contribution in [3.63, 3.8) is 0 Å². The molecule has 0 N–H and O–H groups in total. The zero-order valence-electron chi connectivity index (χ0n) is 12.0. The molecule has 0 aliphatic heterocycles. The van der Waals surface area contributed by atoms with E-state index in [1.54, 1.807) is 0 Å². The second-order valence-corrected chi connectivity index (χ2v) is 4.80. The molecule has 112 valence electrons. The number of hydrogen-bond donors (Lipinski definition) is 0. The number of aryl methyl sites for hydroxylation is 1. The van der Waals surface area contributed by atoms with E-state index >= 15 is 0 Å². The lowest BCUT2D eigenvalue weighted by atomic mass is 10.1. The van der Waals surface area contributed by atoms with Gasteiger partial charge in [-0.2, -0.15) is 15.0 Å². The van der Waals surface area contributed by atoms with Crippen LogP contribution in [-0.2, 0) is 0 Å². The number of aromatic nitrogens is 3. The molecule has 1 aromatic heterocycles. The molecule has 21 heavy (non-hydrogen) atoms. The normalized spacial score (nSPS) is 10.8. The van der Waals surface area contributed by atoms with Crippen LogP contribution < -0.4 is 4.90 Å². The molecular weight excluding hydrogens is 298 g/mol. The first-order valence-electron chi connectivity index (χ1n) is 6.59. The Balaban J connectivity index is 2.57. The van der Waals surface area contributed by atoms with E-state index in [4.69, 9.17) is 11.6 Å². The maximum Gasteiger partial charge on any atom is 0.230 e. The average Bonchev–Trinajstić information content (AvgIpc) is 2.45. The first-order chi connectivity index (χ1) is 9.97. The molecule has 0 radical (unpaired) electrons. The van der Waals surface area contributed by atoms with Crippen LogP contribution in [0, 0.1) is 18.6 Å². The quantitative estimate of drug-likeness (QED) is 0.864. The third-order valence-electron chi connectivity index (χ3n) is 3.16. The van der Waals surface area contributed by atoms with Gasteiger partial charge in [0.05, 0.1) is 5.56 Å². The van der Waals surface area contributed by atoms with Gasteiger partial charge in [-0.1, -0.05) is 6.07 Å². The molecule has 0 saturated carbocycles. The van der Waals surface area contributed by atoms with Crippen molar-refractivity contribution < 1.29 is 8.78 Å². The minimum atomic E-state index is -0.984. The molecule has 2 rings (SSSR count). The highest BCUT2D eigenvalue weighted by Crippen LogP contribution is 2.25. The Hall–Kier alpha value is -1.82. The lowest BCUT2D eigenvalue weighted by Crippen LogP contribution is -2.24. The maximum atomic E-state index is 14.0. The van der Waals surface area contributed by atoms with Crippen LogP contribution in [0.1, 0.15) is 19.4 Å². The predicted octanol–water partition coefficient (Wildman–Crippen LogP) is 3.62. The molecule has 0 unspecified atom stereocenters. The van der Waals surface area contributed by atoms with Gasteiger partial charge in [-0.25, -0.2) is 8.78 Å². The topological polar surface area (TPSA) is 41.9 Å². The molecule has 0 amide bonds. The smallest absolute Gasteiger partial charge is 0.230 e. The van der Waals surface area contributed by atoms with Crippen molar-refractivity contribution in [3.8, 4) is 11.4 Å². The van der Waals surface area contributed by atoms with Crippen molar-refractivity contribution in [1.29, 1.82) is 0 Å². The third kappa shape index (κ3) is 3.10. The SMILES string of the molecule is CCN(CC)c1nc(Cl)nc(-c2ccc(C)c(F)c2F)n1. The number of rotatable bonds is 4. The molecule has 0 saturated heterocycles. The van der Waals surface area contributed by atoms with Crippen LogP contribution in [0.15, 0.2) is 12.1 Å². The van der Waals surface area contributed by atoms with Crippen LogP contribution in [0.25, 0.3) is 11.4 Å².